The topological polar surface area (TPSA) is 48.2 Å². The molecule has 118 valence electrons. The Balaban J connectivity index is 1.62. The van der Waals surface area contributed by atoms with Crippen LogP contribution in [-0.4, -0.2) is 16.8 Å². The summed E-state index contributed by atoms with van der Waals surface area (Å²) in [5.41, 5.74) is 3.10. The van der Waals surface area contributed by atoms with Crippen LogP contribution >= 0.6 is 11.6 Å². The molecule has 0 bridgehead atoms. The molecule has 0 aliphatic heterocycles. The summed E-state index contributed by atoms with van der Waals surface area (Å²) in [7, 11) is 0. The van der Waals surface area contributed by atoms with Crippen molar-refractivity contribution in [1.29, 1.82) is 0 Å². The first-order valence-electron chi connectivity index (χ1n) is 7.40. The van der Waals surface area contributed by atoms with Gasteiger partial charge in [-0.3, -0.25) is 0 Å². The van der Waals surface area contributed by atoms with Gasteiger partial charge in [0.25, 0.3) is 0 Å². The van der Waals surface area contributed by atoms with Crippen LogP contribution in [0.15, 0.2) is 46.9 Å². The molecule has 0 aliphatic carbocycles. The molecule has 0 aliphatic rings. The largest absolute Gasteiger partial charge is 0.493 e. The summed E-state index contributed by atoms with van der Waals surface area (Å²) >= 11 is 6.13. The van der Waals surface area contributed by atoms with Crippen molar-refractivity contribution in [3.05, 3.63) is 64.5 Å². The molecule has 0 saturated heterocycles. The number of halogens is 1. The van der Waals surface area contributed by atoms with Crippen molar-refractivity contribution in [2.24, 2.45) is 0 Å². The third kappa shape index (κ3) is 3.90. The van der Waals surface area contributed by atoms with E-state index >= 15 is 0 Å². The van der Waals surface area contributed by atoms with Gasteiger partial charge in [0.1, 0.15) is 5.75 Å². The molecule has 0 radical (unpaired) electrons. The highest BCUT2D eigenvalue weighted by molar-refractivity contribution is 6.33. The highest BCUT2D eigenvalue weighted by Gasteiger charge is 2.11. The zero-order valence-electron chi connectivity index (χ0n) is 13.0. The van der Waals surface area contributed by atoms with Crippen LogP contribution in [0.1, 0.15) is 17.0 Å². The van der Waals surface area contributed by atoms with Crippen LogP contribution in [-0.2, 0) is 6.42 Å². The fourth-order valence-electron chi connectivity index (χ4n) is 2.37. The summed E-state index contributed by atoms with van der Waals surface area (Å²) in [6.45, 7) is 4.58. The first-order chi connectivity index (χ1) is 11.1. The van der Waals surface area contributed by atoms with Crippen LogP contribution in [0.2, 0.25) is 5.02 Å². The highest BCUT2D eigenvalue weighted by Crippen LogP contribution is 2.26. The van der Waals surface area contributed by atoms with E-state index in [9.17, 15) is 0 Å². The lowest BCUT2D eigenvalue weighted by atomic mass is 10.1. The maximum atomic E-state index is 6.13. The van der Waals surface area contributed by atoms with E-state index in [4.69, 9.17) is 20.8 Å². The van der Waals surface area contributed by atoms with Crippen molar-refractivity contribution >= 4 is 11.6 Å². The van der Waals surface area contributed by atoms with Crippen LogP contribution < -0.4 is 4.74 Å². The Morgan fingerprint density at radius 3 is 2.52 bits per heavy atom. The number of hydrogen-bond donors (Lipinski definition) is 0. The summed E-state index contributed by atoms with van der Waals surface area (Å²) in [6, 6.07) is 13.5. The van der Waals surface area contributed by atoms with Crippen LogP contribution in [0.25, 0.3) is 11.5 Å². The van der Waals surface area contributed by atoms with E-state index in [0.29, 0.717) is 29.8 Å². The molecule has 0 spiro atoms. The third-order valence-corrected chi connectivity index (χ3v) is 3.68. The Hall–Kier alpha value is -2.33. The van der Waals surface area contributed by atoms with E-state index in [1.54, 1.807) is 6.07 Å². The maximum Gasteiger partial charge on any atom is 0.249 e. The summed E-state index contributed by atoms with van der Waals surface area (Å²) in [4.78, 5) is 0. The van der Waals surface area contributed by atoms with Gasteiger partial charge >= 0.3 is 0 Å². The molecule has 1 heterocycles. The van der Waals surface area contributed by atoms with Crippen molar-refractivity contribution in [3.63, 3.8) is 0 Å². The number of benzene rings is 2. The molecule has 4 nitrogen and oxygen atoms in total. The normalized spacial score (nSPS) is 10.7. The highest BCUT2D eigenvalue weighted by atomic mass is 35.5. The van der Waals surface area contributed by atoms with Crippen molar-refractivity contribution < 1.29 is 9.15 Å². The summed E-state index contributed by atoms with van der Waals surface area (Å²) in [5.74, 6) is 1.81. The number of nitrogens with zero attached hydrogens (tertiary/aromatic N) is 2. The van der Waals surface area contributed by atoms with Crippen molar-refractivity contribution in [3.8, 4) is 17.2 Å². The molecular formula is C18H17ClN2O2. The molecule has 0 unspecified atom stereocenters. The number of hydrogen-bond acceptors (Lipinski definition) is 4. The summed E-state index contributed by atoms with van der Waals surface area (Å²) in [6.07, 6.45) is 0.546. The van der Waals surface area contributed by atoms with Crippen molar-refractivity contribution in [1.82, 2.24) is 10.2 Å². The second-order valence-corrected chi connectivity index (χ2v) is 5.81. The van der Waals surface area contributed by atoms with Crippen molar-refractivity contribution in [2.75, 3.05) is 6.61 Å². The van der Waals surface area contributed by atoms with Crippen molar-refractivity contribution in [2.45, 2.75) is 20.3 Å². The molecule has 0 fully saturated rings. The average molecular weight is 329 g/mol. The molecule has 3 aromatic rings. The minimum absolute atomic E-state index is 0.428. The summed E-state index contributed by atoms with van der Waals surface area (Å²) < 4.78 is 11.4. The van der Waals surface area contributed by atoms with Gasteiger partial charge in [-0.2, -0.15) is 0 Å². The first kappa shape index (κ1) is 15.6. The molecule has 3 rings (SSSR count). The Labute approximate surface area is 140 Å². The van der Waals surface area contributed by atoms with Gasteiger partial charge in [-0.15, -0.1) is 10.2 Å². The van der Waals surface area contributed by atoms with Gasteiger partial charge in [-0.1, -0.05) is 29.8 Å². The van der Waals surface area contributed by atoms with Gasteiger partial charge in [0, 0.05) is 0 Å². The SMILES string of the molecule is Cc1cc(C)cc(OCCc2nnc(-c3ccccc3Cl)o2)c1. The van der Waals surface area contributed by atoms with E-state index in [-0.39, 0.29) is 0 Å². The van der Waals surface area contributed by atoms with E-state index in [1.165, 1.54) is 11.1 Å². The molecule has 23 heavy (non-hydrogen) atoms. The lowest BCUT2D eigenvalue weighted by molar-refractivity contribution is 0.306. The zero-order valence-corrected chi connectivity index (χ0v) is 13.8. The molecular weight excluding hydrogens is 312 g/mol. The zero-order chi connectivity index (χ0) is 16.2. The number of rotatable bonds is 5. The van der Waals surface area contributed by atoms with Crippen LogP contribution in [0, 0.1) is 13.8 Å². The van der Waals surface area contributed by atoms with Gasteiger partial charge in [0.15, 0.2) is 0 Å². The molecule has 1 aromatic heterocycles. The minimum atomic E-state index is 0.428. The molecule has 2 aromatic carbocycles. The first-order valence-corrected chi connectivity index (χ1v) is 7.78. The molecule has 0 atom stereocenters. The molecule has 0 saturated carbocycles. The maximum absolute atomic E-state index is 6.13. The minimum Gasteiger partial charge on any atom is -0.493 e. The molecule has 0 amide bonds. The predicted molar refractivity (Wildman–Crippen MR) is 89.9 cm³/mol. The van der Waals surface area contributed by atoms with Gasteiger partial charge in [0.05, 0.1) is 23.6 Å². The van der Waals surface area contributed by atoms with Crippen LogP contribution in [0.4, 0.5) is 0 Å². The van der Waals surface area contributed by atoms with Gasteiger partial charge in [0.2, 0.25) is 11.8 Å². The molecule has 5 heteroatoms. The lowest BCUT2D eigenvalue weighted by Crippen LogP contribution is -2.02. The van der Waals surface area contributed by atoms with Gasteiger partial charge < -0.3 is 9.15 Å². The number of aryl methyl sites for hydroxylation is 2. The monoisotopic (exact) mass is 328 g/mol. The quantitative estimate of drug-likeness (QED) is 0.685. The number of ether oxygens (including phenoxy) is 1. The predicted octanol–water partition coefficient (Wildman–Crippen LogP) is 4.63. The lowest BCUT2D eigenvalue weighted by Gasteiger charge is -2.06. The Morgan fingerprint density at radius 1 is 1.04 bits per heavy atom. The van der Waals surface area contributed by atoms with E-state index in [0.717, 1.165) is 11.3 Å². The molecule has 0 N–H and O–H groups in total. The van der Waals surface area contributed by atoms with Crippen LogP contribution in [0.5, 0.6) is 5.75 Å². The smallest absolute Gasteiger partial charge is 0.249 e. The van der Waals surface area contributed by atoms with E-state index in [2.05, 4.69) is 16.3 Å². The fourth-order valence-corrected chi connectivity index (χ4v) is 2.59. The third-order valence-electron chi connectivity index (χ3n) is 3.35. The number of aromatic nitrogens is 2. The second-order valence-electron chi connectivity index (χ2n) is 5.40. The Morgan fingerprint density at radius 2 is 1.78 bits per heavy atom. The van der Waals surface area contributed by atoms with E-state index in [1.807, 2.05) is 44.2 Å². The standard InChI is InChI=1S/C18H17ClN2O2/c1-12-9-13(2)11-14(10-12)22-8-7-17-20-21-18(23-17)15-5-3-4-6-16(15)19/h3-6,9-11H,7-8H2,1-2H3. The van der Waals surface area contributed by atoms with Gasteiger partial charge in [-0.05, 0) is 49.2 Å². The Bertz CT molecular complexity index is 794. The average Bonchev–Trinajstić information content (AvgIpc) is 2.95. The fraction of sp³-hybridized carbons (Fsp3) is 0.222. The summed E-state index contributed by atoms with van der Waals surface area (Å²) in [5, 5.41) is 8.68. The van der Waals surface area contributed by atoms with Gasteiger partial charge in [-0.25, -0.2) is 0 Å². The van der Waals surface area contributed by atoms with Crippen LogP contribution in [0.3, 0.4) is 0 Å². The second kappa shape index (κ2) is 6.84. The van der Waals surface area contributed by atoms with E-state index < -0.39 is 0 Å². The Kier molecular flexibility index (Phi) is 4.63.